The molecule has 3 amide bonds. The Balaban J connectivity index is 1.55. The van der Waals surface area contributed by atoms with E-state index in [1.165, 1.54) is 6.07 Å². The molecule has 3 aliphatic heterocycles. The van der Waals surface area contributed by atoms with Gasteiger partial charge in [0.25, 0.3) is 11.8 Å². The highest BCUT2D eigenvalue weighted by Crippen LogP contribution is 2.48. The number of hydrazine groups is 1. The molecule has 0 radical (unpaired) electrons. The van der Waals surface area contributed by atoms with E-state index in [9.17, 15) is 14.4 Å². The van der Waals surface area contributed by atoms with E-state index in [1.807, 2.05) is 0 Å². The van der Waals surface area contributed by atoms with Gasteiger partial charge in [-0.05, 0) is 40.9 Å². The molecule has 3 aliphatic rings. The summed E-state index contributed by atoms with van der Waals surface area (Å²) in [4.78, 5) is 36.7. The summed E-state index contributed by atoms with van der Waals surface area (Å²) in [5.41, 5.74) is 2.33. The molecule has 0 spiro atoms. The predicted molar refractivity (Wildman–Crippen MR) is 70.6 cm³/mol. The second-order valence-corrected chi connectivity index (χ2v) is 6.18. The van der Waals surface area contributed by atoms with Crippen molar-refractivity contribution >= 4 is 33.7 Å². The highest BCUT2D eigenvalue weighted by Gasteiger charge is 2.62. The number of carbonyl (C=O) groups is 3. The Hall–Kier alpha value is -1.67. The Labute approximate surface area is 127 Å². The molecule has 110 valence electrons. The van der Waals surface area contributed by atoms with Crippen LogP contribution in [0.5, 0.6) is 0 Å². The first-order chi connectivity index (χ1) is 10.1. The van der Waals surface area contributed by atoms with Gasteiger partial charge in [0, 0.05) is 0 Å². The molecular formula is C13H11BrN2O5. The Morgan fingerprint density at radius 2 is 1.81 bits per heavy atom. The van der Waals surface area contributed by atoms with Crippen molar-refractivity contribution in [2.24, 2.45) is 11.8 Å². The molecule has 3 fully saturated rings. The first-order valence-corrected chi connectivity index (χ1v) is 7.45. The smallest absolute Gasteiger partial charge is 0.306 e. The molecule has 0 saturated carbocycles. The lowest BCUT2D eigenvalue weighted by atomic mass is 9.81. The van der Waals surface area contributed by atoms with Crippen LogP contribution in [0.2, 0.25) is 0 Å². The number of carbonyl (C=O) groups excluding carboxylic acids is 3. The van der Waals surface area contributed by atoms with Crippen molar-refractivity contribution in [3.8, 4) is 0 Å². The predicted octanol–water partition coefficient (Wildman–Crippen LogP) is 0.849. The zero-order chi connectivity index (χ0) is 14.7. The van der Waals surface area contributed by atoms with Crippen molar-refractivity contribution in [1.29, 1.82) is 0 Å². The maximum Gasteiger partial charge on any atom is 0.306 e. The minimum atomic E-state index is -0.629. The van der Waals surface area contributed by atoms with Crippen molar-refractivity contribution in [3.63, 3.8) is 0 Å². The summed E-state index contributed by atoms with van der Waals surface area (Å²) in [6.45, 7) is 0. The number of rotatable bonds is 2. The number of nitrogens with zero attached hydrogens (tertiary/aromatic N) is 1. The van der Waals surface area contributed by atoms with Crippen LogP contribution < -0.4 is 5.43 Å². The summed E-state index contributed by atoms with van der Waals surface area (Å²) >= 11 is 3.09. The maximum atomic E-state index is 12.3. The number of amides is 3. The van der Waals surface area contributed by atoms with Gasteiger partial charge in [0.15, 0.2) is 10.4 Å². The number of ether oxygens (including phenoxy) is 1. The number of hydrogen-bond donors (Lipinski definition) is 1. The third-order valence-electron chi connectivity index (χ3n) is 4.29. The van der Waals surface area contributed by atoms with Crippen LogP contribution >= 0.6 is 15.9 Å². The standard InChI is InChI=1S/C13H11BrN2O5/c14-8-4-3-7(21-8)11(17)15-16-12(18)9-5-1-2-6(20-5)10(9)13(16)19/h3-6,9-10H,1-2H2,(H,15,17)/t5-,6+,9-,10+. The molecule has 7 nitrogen and oxygen atoms in total. The van der Waals surface area contributed by atoms with Crippen molar-refractivity contribution < 1.29 is 23.5 Å². The highest BCUT2D eigenvalue weighted by atomic mass is 79.9. The minimum Gasteiger partial charge on any atom is -0.444 e. The van der Waals surface area contributed by atoms with E-state index in [4.69, 9.17) is 9.15 Å². The molecule has 1 aromatic heterocycles. The van der Waals surface area contributed by atoms with Gasteiger partial charge < -0.3 is 9.15 Å². The zero-order valence-corrected chi connectivity index (χ0v) is 12.3. The lowest BCUT2D eigenvalue weighted by Gasteiger charge is -2.17. The molecule has 3 saturated heterocycles. The first kappa shape index (κ1) is 13.0. The average Bonchev–Trinajstić information content (AvgIpc) is 3.19. The zero-order valence-electron chi connectivity index (χ0n) is 10.7. The number of fused-ring (bicyclic) bond motifs is 5. The maximum absolute atomic E-state index is 12.3. The largest absolute Gasteiger partial charge is 0.444 e. The van der Waals surface area contributed by atoms with Crippen LogP contribution in [0.15, 0.2) is 21.2 Å². The van der Waals surface area contributed by atoms with Crippen LogP contribution in [-0.2, 0) is 14.3 Å². The van der Waals surface area contributed by atoms with Crippen LogP contribution in [0.1, 0.15) is 23.4 Å². The van der Waals surface area contributed by atoms with Crippen molar-refractivity contribution in [3.05, 3.63) is 22.6 Å². The normalized spacial score (nSPS) is 33.7. The van der Waals surface area contributed by atoms with Gasteiger partial charge in [0.2, 0.25) is 0 Å². The van der Waals surface area contributed by atoms with E-state index in [-0.39, 0.29) is 18.0 Å². The van der Waals surface area contributed by atoms with Gasteiger partial charge in [-0.25, -0.2) is 0 Å². The average molecular weight is 355 g/mol. The van der Waals surface area contributed by atoms with Crippen LogP contribution in [0, 0.1) is 11.8 Å². The lowest BCUT2D eigenvalue weighted by Crippen LogP contribution is -2.47. The molecule has 0 aliphatic carbocycles. The Bertz CT molecular complexity index is 629. The van der Waals surface area contributed by atoms with E-state index in [1.54, 1.807) is 6.07 Å². The lowest BCUT2D eigenvalue weighted by molar-refractivity contribution is -0.145. The van der Waals surface area contributed by atoms with E-state index in [0.29, 0.717) is 4.67 Å². The minimum absolute atomic E-state index is 0.0266. The molecule has 0 aromatic carbocycles. The molecule has 8 heteroatoms. The fraction of sp³-hybridized carbons (Fsp3) is 0.462. The monoisotopic (exact) mass is 354 g/mol. The SMILES string of the molecule is O=C(NN1C(=O)[C@@H]2[C@H](C1=O)[C@H]1CC[C@@H]2O1)c1ccc(Br)o1. The van der Waals surface area contributed by atoms with E-state index < -0.39 is 29.6 Å². The number of hydrogen-bond acceptors (Lipinski definition) is 5. The fourth-order valence-corrected chi connectivity index (χ4v) is 3.72. The Morgan fingerprint density at radius 1 is 1.19 bits per heavy atom. The Kier molecular flexibility index (Phi) is 2.74. The van der Waals surface area contributed by atoms with Crippen LogP contribution in [0.4, 0.5) is 0 Å². The summed E-state index contributed by atoms with van der Waals surface area (Å²) in [7, 11) is 0. The molecule has 4 heterocycles. The molecule has 4 rings (SSSR count). The molecule has 2 bridgehead atoms. The quantitative estimate of drug-likeness (QED) is 0.795. The van der Waals surface area contributed by atoms with Gasteiger partial charge in [-0.1, -0.05) is 0 Å². The summed E-state index contributed by atoms with van der Waals surface area (Å²) in [6, 6.07) is 3.02. The third kappa shape index (κ3) is 1.78. The van der Waals surface area contributed by atoms with Crippen molar-refractivity contribution in [2.45, 2.75) is 25.0 Å². The fourth-order valence-electron chi connectivity index (χ4n) is 3.42. The van der Waals surface area contributed by atoms with Crippen molar-refractivity contribution in [1.82, 2.24) is 10.4 Å². The van der Waals surface area contributed by atoms with E-state index >= 15 is 0 Å². The molecule has 1 N–H and O–H groups in total. The molecule has 0 unspecified atom stereocenters. The summed E-state index contributed by atoms with van der Waals surface area (Å²) in [6.07, 6.45) is 1.18. The highest BCUT2D eigenvalue weighted by molar-refractivity contribution is 9.10. The molecule has 1 aromatic rings. The number of nitrogens with one attached hydrogen (secondary N) is 1. The van der Waals surface area contributed by atoms with E-state index in [2.05, 4.69) is 21.4 Å². The summed E-state index contributed by atoms with van der Waals surface area (Å²) in [5.74, 6) is -2.30. The summed E-state index contributed by atoms with van der Waals surface area (Å²) in [5, 5.41) is 0.821. The number of imide groups is 1. The summed E-state index contributed by atoms with van der Waals surface area (Å²) < 4.78 is 11.1. The second kappa shape index (κ2) is 4.41. The van der Waals surface area contributed by atoms with Crippen LogP contribution in [0.3, 0.4) is 0 Å². The van der Waals surface area contributed by atoms with Gasteiger partial charge >= 0.3 is 5.91 Å². The van der Waals surface area contributed by atoms with Crippen molar-refractivity contribution in [2.75, 3.05) is 0 Å². The topological polar surface area (TPSA) is 88.9 Å². The van der Waals surface area contributed by atoms with Gasteiger partial charge in [-0.3, -0.25) is 19.8 Å². The molecular weight excluding hydrogens is 344 g/mol. The van der Waals surface area contributed by atoms with Gasteiger partial charge in [-0.15, -0.1) is 0 Å². The second-order valence-electron chi connectivity index (χ2n) is 5.40. The molecule has 21 heavy (non-hydrogen) atoms. The number of halogens is 1. The molecule has 4 atom stereocenters. The van der Waals surface area contributed by atoms with E-state index in [0.717, 1.165) is 17.9 Å². The van der Waals surface area contributed by atoms with Crippen LogP contribution in [0.25, 0.3) is 0 Å². The van der Waals surface area contributed by atoms with Gasteiger partial charge in [0.1, 0.15) is 0 Å². The Morgan fingerprint density at radius 3 is 2.33 bits per heavy atom. The number of furan rings is 1. The first-order valence-electron chi connectivity index (χ1n) is 6.66. The van der Waals surface area contributed by atoms with Crippen LogP contribution in [-0.4, -0.2) is 34.9 Å². The third-order valence-corrected chi connectivity index (χ3v) is 4.72. The van der Waals surface area contributed by atoms with Gasteiger partial charge in [-0.2, -0.15) is 5.01 Å². The van der Waals surface area contributed by atoms with Gasteiger partial charge in [0.05, 0.1) is 24.0 Å².